The fourth-order valence-corrected chi connectivity index (χ4v) is 3.62. The Morgan fingerprint density at radius 1 is 0.769 bits per heavy atom. The Morgan fingerprint density at radius 3 is 2.35 bits per heavy atom. The molecule has 0 bridgehead atoms. The van der Waals surface area contributed by atoms with Gasteiger partial charge in [0.15, 0.2) is 11.7 Å². The van der Waals surface area contributed by atoms with Crippen LogP contribution in [-0.2, 0) is 0 Å². The van der Waals surface area contributed by atoms with E-state index in [1.54, 1.807) is 0 Å². The first-order chi connectivity index (χ1) is 12.7. The third-order valence-corrected chi connectivity index (χ3v) is 4.92. The van der Waals surface area contributed by atoms with Crippen molar-refractivity contribution < 1.29 is 4.42 Å². The van der Waals surface area contributed by atoms with Crippen molar-refractivity contribution in [2.24, 2.45) is 0 Å². The third kappa shape index (κ3) is 2.14. The van der Waals surface area contributed by atoms with E-state index in [0.717, 1.165) is 45.0 Å². The molecule has 0 atom stereocenters. The van der Waals surface area contributed by atoms with Crippen molar-refractivity contribution in [1.82, 2.24) is 0 Å². The predicted octanol–water partition coefficient (Wildman–Crippen LogP) is 6.02. The highest BCUT2D eigenvalue weighted by Gasteiger charge is 2.29. The van der Waals surface area contributed by atoms with Gasteiger partial charge in [-0.3, -0.25) is 0 Å². The van der Waals surface area contributed by atoms with Crippen molar-refractivity contribution in [1.29, 1.82) is 0 Å². The van der Waals surface area contributed by atoms with Crippen LogP contribution in [0.2, 0.25) is 0 Å². The highest BCUT2D eigenvalue weighted by Crippen LogP contribution is 2.41. The van der Waals surface area contributed by atoms with E-state index in [1.165, 1.54) is 0 Å². The molecule has 0 amide bonds. The third-order valence-electron chi connectivity index (χ3n) is 4.92. The first-order valence-electron chi connectivity index (χ1n) is 8.65. The van der Waals surface area contributed by atoms with Crippen LogP contribution in [0.1, 0.15) is 5.56 Å². The van der Waals surface area contributed by atoms with Crippen molar-refractivity contribution in [2.75, 3.05) is 9.80 Å². The minimum absolute atomic E-state index is 0.882. The standard InChI is InChI=1S/C23H18N2O/c1-16-12-13-20-19-10-6-7-11-21(19)26-23(20)22(16)25-15-14-24(17(25)2)18-8-4-3-5-9-18/h3-15H,2H2,1H3. The molecule has 26 heavy (non-hydrogen) atoms. The van der Waals surface area contributed by atoms with E-state index in [2.05, 4.69) is 54.0 Å². The lowest BCUT2D eigenvalue weighted by molar-refractivity contribution is 0.667. The quantitative estimate of drug-likeness (QED) is 0.446. The maximum Gasteiger partial charge on any atom is 0.164 e. The number of nitrogens with zero attached hydrogens (tertiary/aromatic N) is 2. The summed E-state index contributed by atoms with van der Waals surface area (Å²) in [6, 6.07) is 22.7. The van der Waals surface area contributed by atoms with Gasteiger partial charge in [-0.1, -0.05) is 48.5 Å². The molecular formula is C23H18N2O. The van der Waals surface area contributed by atoms with E-state index in [0.29, 0.717) is 0 Å². The molecule has 3 nitrogen and oxygen atoms in total. The molecule has 1 aliphatic heterocycles. The molecule has 5 rings (SSSR count). The molecule has 2 heterocycles. The van der Waals surface area contributed by atoms with Gasteiger partial charge in [-0.25, -0.2) is 0 Å². The molecule has 1 aromatic heterocycles. The highest BCUT2D eigenvalue weighted by molar-refractivity contribution is 6.10. The molecule has 0 aliphatic carbocycles. The SMILES string of the molecule is [CH2][C]1N(c2ccccc2)C=CN1c1c(C)ccc2c1oc1ccccc12. The van der Waals surface area contributed by atoms with Crippen LogP contribution in [0.5, 0.6) is 0 Å². The Hall–Kier alpha value is -3.20. The number of benzene rings is 3. The molecule has 2 radical (unpaired) electrons. The molecule has 0 fully saturated rings. The molecule has 0 N–H and O–H groups in total. The van der Waals surface area contributed by atoms with Crippen LogP contribution in [0.25, 0.3) is 21.9 Å². The summed E-state index contributed by atoms with van der Waals surface area (Å²) in [5.74, 6) is 0. The number of para-hydroxylation sites is 2. The fourth-order valence-electron chi connectivity index (χ4n) is 3.62. The Labute approximate surface area is 152 Å². The van der Waals surface area contributed by atoms with Gasteiger partial charge in [0.05, 0.1) is 5.69 Å². The van der Waals surface area contributed by atoms with Gasteiger partial charge in [0.2, 0.25) is 0 Å². The fraction of sp³-hybridized carbons (Fsp3) is 0.0435. The average Bonchev–Trinajstić information content (AvgIpc) is 3.23. The number of anilines is 2. The summed E-state index contributed by atoms with van der Waals surface area (Å²) in [7, 11) is 0. The zero-order valence-electron chi connectivity index (χ0n) is 14.5. The summed E-state index contributed by atoms with van der Waals surface area (Å²) in [5.41, 5.74) is 5.08. The minimum Gasteiger partial charge on any atom is -0.454 e. The van der Waals surface area contributed by atoms with Gasteiger partial charge < -0.3 is 14.2 Å². The maximum atomic E-state index is 6.23. The lowest BCUT2D eigenvalue weighted by atomic mass is 10.1. The molecule has 0 saturated carbocycles. The number of hydrogen-bond acceptors (Lipinski definition) is 3. The van der Waals surface area contributed by atoms with E-state index in [9.17, 15) is 0 Å². The molecule has 3 aromatic carbocycles. The molecule has 0 spiro atoms. The van der Waals surface area contributed by atoms with Gasteiger partial charge >= 0.3 is 0 Å². The van der Waals surface area contributed by atoms with Crippen LogP contribution in [0.15, 0.2) is 83.5 Å². The molecule has 0 saturated heterocycles. The van der Waals surface area contributed by atoms with Crippen molar-refractivity contribution in [2.45, 2.75) is 6.92 Å². The van der Waals surface area contributed by atoms with E-state index in [1.807, 2.05) is 48.8 Å². The molecular weight excluding hydrogens is 320 g/mol. The van der Waals surface area contributed by atoms with Crippen LogP contribution >= 0.6 is 0 Å². The van der Waals surface area contributed by atoms with Gasteiger partial charge in [0.25, 0.3) is 0 Å². The number of furan rings is 1. The summed E-state index contributed by atoms with van der Waals surface area (Å²) in [6.45, 7) is 6.42. The van der Waals surface area contributed by atoms with E-state index in [4.69, 9.17) is 4.42 Å². The maximum absolute atomic E-state index is 6.23. The summed E-state index contributed by atoms with van der Waals surface area (Å²) < 4.78 is 6.23. The Morgan fingerprint density at radius 2 is 1.50 bits per heavy atom. The zero-order valence-corrected chi connectivity index (χ0v) is 14.5. The van der Waals surface area contributed by atoms with E-state index in [-0.39, 0.29) is 0 Å². The Bertz CT molecular complexity index is 1130. The summed E-state index contributed by atoms with van der Waals surface area (Å²) in [4.78, 5) is 4.19. The largest absolute Gasteiger partial charge is 0.454 e. The summed E-state index contributed by atoms with van der Waals surface area (Å²) >= 11 is 0. The summed E-state index contributed by atoms with van der Waals surface area (Å²) in [6.07, 6.45) is 4.97. The van der Waals surface area contributed by atoms with Crippen molar-refractivity contribution in [3.05, 3.63) is 97.8 Å². The molecule has 1 aliphatic rings. The predicted molar refractivity (Wildman–Crippen MR) is 108 cm³/mol. The van der Waals surface area contributed by atoms with Crippen LogP contribution in [0.4, 0.5) is 11.4 Å². The minimum atomic E-state index is 0.882. The lowest BCUT2D eigenvalue weighted by Gasteiger charge is -2.29. The summed E-state index contributed by atoms with van der Waals surface area (Å²) in [5, 5.41) is 2.26. The van der Waals surface area contributed by atoms with Crippen LogP contribution in [0.3, 0.4) is 0 Å². The first kappa shape index (κ1) is 15.1. The highest BCUT2D eigenvalue weighted by atomic mass is 16.3. The van der Waals surface area contributed by atoms with Gasteiger partial charge in [0, 0.05) is 28.9 Å². The normalized spacial score (nSPS) is 14.8. The second-order valence-corrected chi connectivity index (χ2v) is 6.50. The molecule has 4 aromatic rings. The number of aryl methyl sites for hydroxylation is 1. The molecule has 3 heteroatoms. The van der Waals surface area contributed by atoms with Gasteiger partial charge in [-0.05, 0) is 37.6 Å². The second kappa shape index (κ2) is 5.67. The van der Waals surface area contributed by atoms with Crippen molar-refractivity contribution in [3.8, 4) is 0 Å². The smallest absolute Gasteiger partial charge is 0.164 e. The Balaban J connectivity index is 1.65. The van der Waals surface area contributed by atoms with Gasteiger partial charge in [-0.2, -0.15) is 0 Å². The van der Waals surface area contributed by atoms with E-state index >= 15 is 0 Å². The van der Waals surface area contributed by atoms with Crippen molar-refractivity contribution >= 4 is 33.3 Å². The van der Waals surface area contributed by atoms with Gasteiger partial charge in [0.1, 0.15) is 5.58 Å². The van der Waals surface area contributed by atoms with Gasteiger partial charge in [-0.15, -0.1) is 0 Å². The van der Waals surface area contributed by atoms with Crippen LogP contribution in [0, 0.1) is 20.0 Å². The van der Waals surface area contributed by atoms with Crippen LogP contribution < -0.4 is 9.80 Å². The number of fused-ring (bicyclic) bond motifs is 3. The number of hydrogen-bond donors (Lipinski definition) is 0. The topological polar surface area (TPSA) is 19.6 Å². The zero-order chi connectivity index (χ0) is 17.7. The first-order valence-corrected chi connectivity index (χ1v) is 8.65. The molecule has 0 unspecified atom stereocenters. The van der Waals surface area contributed by atoms with E-state index < -0.39 is 0 Å². The van der Waals surface area contributed by atoms with Crippen molar-refractivity contribution in [3.63, 3.8) is 0 Å². The number of rotatable bonds is 2. The monoisotopic (exact) mass is 338 g/mol. The lowest BCUT2D eigenvalue weighted by Crippen LogP contribution is -2.28. The second-order valence-electron chi connectivity index (χ2n) is 6.50. The molecule has 126 valence electrons. The Kier molecular flexibility index (Phi) is 3.29. The average molecular weight is 338 g/mol. The van der Waals surface area contributed by atoms with Crippen LogP contribution in [-0.4, -0.2) is 0 Å².